The minimum absolute atomic E-state index is 0.0199. The summed E-state index contributed by atoms with van der Waals surface area (Å²) in [6.45, 7) is 4.29. The molecule has 1 heterocycles. The molecule has 0 radical (unpaired) electrons. The lowest BCUT2D eigenvalue weighted by Gasteiger charge is -2.23. The van der Waals surface area contributed by atoms with Crippen molar-refractivity contribution in [3.8, 4) is 6.07 Å². The van der Waals surface area contributed by atoms with Crippen LogP contribution in [0.2, 0.25) is 0 Å². The molecule has 4 nitrogen and oxygen atoms in total. The number of hydrogen-bond donors (Lipinski definition) is 1. The third-order valence-corrected chi connectivity index (χ3v) is 2.33. The van der Waals surface area contributed by atoms with Crippen LogP contribution < -0.4 is 10.6 Å². The zero-order chi connectivity index (χ0) is 13.0. The Morgan fingerprint density at radius 1 is 1.53 bits per heavy atom. The van der Waals surface area contributed by atoms with Gasteiger partial charge in [0.1, 0.15) is 0 Å². The van der Waals surface area contributed by atoms with Crippen molar-refractivity contribution < 1.29 is 8.78 Å². The molecule has 0 spiro atoms. The molecule has 1 aromatic rings. The van der Waals surface area contributed by atoms with Gasteiger partial charge in [0.15, 0.2) is 23.3 Å². The highest BCUT2D eigenvalue weighted by Gasteiger charge is 2.17. The van der Waals surface area contributed by atoms with Crippen LogP contribution in [-0.2, 0) is 0 Å². The lowest BCUT2D eigenvalue weighted by molar-refractivity contribution is 0.566. The highest BCUT2D eigenvalue weighted by Crippen LogP contribution is 2.21. The van der Waals surface area contributed by atoms with E-state index in [1.54, 1.807) is 18.7 Å². The predicted octanol–water partition coefficient (Wildman–Crippen LogP) is 1.93. The Kier molecular flexibility index (Phi) is 4.21. The van der Waals surface area contributed by atoms with Crippen LogP contribution in [0, 0.1) is 28.9 Å². The molecule has 1 unspecified atom stereocenters. The number of nitrogens with two attached hydrogens (primary N) is 1. The van der Waals surface area contributed by atoms with Crippen LogP contribution in [-0.4, -0.2) is 18.1 Å². The number of pyridine rings is 1. The van der Waals surface area contributed by atoms with Gasteiger partial charge in [-0.05, 0) is 13.8 Å². The molecule has 1 atom stereocenters. The summed E-state index contributed by atoms with van der Waals surface area (Å²) in [7, 11) is 0. The summed E-state index contributed by atoms with van der Waals surface area (Å²) in [6, 6.07) is 2.75. The van der Waals surface area contributed by atoms with Gasteiger partial charge in [0.2, 0.25) is 0 Å². The normalized spacial score (nSPS) is 11.9. The van der Waals surface area contributed by atoms with E-state index < -0.39 is 11.6 Å². The van der Waals surface area contributed by atoms with E-state index >= 15 is 0 Å². The first-order valence-electron chi connectivity index (χ1n) is 5.25. The first-order chi connectivity index (χ1) is 7.99. The summed E-state index contributed by atoms with van der Waals surface area (Å²) in [5.41, 5.74) is 5.30. The topological polar surface area (TPSA) is 65.9 Å². The lowest BCUT2D eigenvalue weighted by atomic mass is 10.2. The fraction of sp³-hybridized carbons (Fsp3) is 0.455. The number of anilines is 2. The third kappa shape index (κ3) is 3.03. The van der Waals surface area contributed by atoms with E-state index in [0.717, 1.165) is 0 Å². The van der Waals surface area contributed by atoms with Crippen molar-refractivity contribution >= 4 is 11.6 Å². The van der Waals surface area contributed by atoms with E-state index in [1.807, 2.05) is 6.07 Å². The first kappa shape index (κ1) is 13.2. The maximum atomic E-state index is 13.5. The third-order valence-electron chi connectivity index (χ3n) is 2.33. The van der Waals surface area contributed by atoms with Gasteiger partial charge in [-0.3, -0.25) is 0 Å². The van der Waals surface area contributed by atoms with E-state index in [9.17, 15) is 8.78 Å². The Morgan fingerprint density at radius 2 is 2.18 bits per heavy atom. The molecule has 0 aliphatic carbocycles. The second-order valence-electron chi connectivity index (χ2n) is 3.73. The summed E-state index contributed by atoms with van der Waals surface area (Å²) in [4.78, 5) is 5.23. The van der Waals surface area contributed by atoms with Crippen LogP contribution in [0.3, 0.4) is 0 Å². The van der Waals surface area contributed by atoms with Crippen molar-refractivity contribution in [2.45, 2.75) is 13.8 Å². The lowest BCUT2D eigenvalue weighted by Crippen LogP contribution is -2.29. The van der Waals surface area contributed by atoms with Crippen LogP contribution in [0.25, 0.3) is 0 Å². The van der Waals surface area contributed by atoms with Crippen LogP contribution in [0.15, 0.2) is 6.07 Å². The Bertz CT molecular complexity index is 442. The maximum Gasteiger partial charge on any atom is 0.168 e. The van der Waals surface area contributed by atoms with Gasteiger partial charge < -0.3 is 10.6 Å². The number of nitrogen functional groups attached to an aromatic ring is 1. The Labute approximate surface area is 98.7 Å². The number of nitrogens with zero attached hydrogens (tertiary/aromatic N) is 3. The molecule has 0 aliphatic rings. The van der Waals surface area contributed by atoms with Crippen molar-refractivity contribution in [1.82, 2.24) is 4.98 Å². The molecule has 0 amide bonds. The van der Waals surface area contributed by atoms with Gasteiger partial charge in [0.05, 0.1) is 12.0 Å². The van der Waals surface area contributed by atoms with Crippen molar-refractivity contribution in [2.24, 2.45) is 5.92 Å². The molecular formula is C11H14F2N4. The molecule has 0 bridgehead atoms. The SMILES string of the molecule is CCN(CC(C)C#N)c1nc(N)c(F)cc1F. The average molecular weight is 240 g/mol. The second-order valence-corrected chi connectivity index (χ2v) is 3.73. The Hall–Kier alpha value is -1.90. The number of aromatic nitrogens is 1. The van der Waals surface area contributed by atoms with Crippen LogP contribution in [0.4, 0.5) is 20.4 Å². The highest BCUT2D eigenvalue weighted by atomic mass is 19.1. The van der Waals surface area contributed by atoms with Crippen LogP contribution >= 0.6 is 0 Å². The quantitative estimate of drug-likeness (QED) is 0.873. The summed E-state index contributed by atoms with van der Waals surface area (Å²) >= 11 is 0. The van der Waals surface area contributed by atoms with E-state index in [4.69, 9.17) is 11.0 Å². The van der Waals surface area contributed by atoms with Gasteiger partial charge in [-0.15, -0.1) is 0 Å². The standard InChI is InChI=1S/C11H14F2N4/c1-3-17(6-7(2)5-14)11-9(13)4-8(12)10(15)16-11/h4,7H,3,6H2,1-2H3,(H2,15,16). The second kappa shape index (κ2) is 5.43. The molecule has 17 heavy (non-hydrogen) atoms. The van der Waals surface area contributed by atoms with Gasteiger partial charge in [-0.25, -0.2) is 13.8 Å². The molecule has 0 aromatic carbocycles. The Balaban J connectivity index is 3.04. The summed E-state index contributed by atoms with van der Waals surface area (Å²) in [5.74, 6) is -2.29. The molecule has 0 fully saturated rings. The molecular weight excluding hydrogens is 226 g/mol. The van der Waals surface area contributed by atoms with Gasteiger partial charge in [0, 0.05) is 19.2 Å². The maximum absolute atomic E-state index is 13.5. The minimum atomic E-state index is -0.879. The van der Waals surface area contributed by atoms with E-state index in [0.29, 0.717) is 19.2 Å². The van der Waals surface area contributed by atoms with Crippen LogP contribution in [0.5, 0.6) is 0 Å². The molecule has 92 valence electrons. The van der Waals surface area contributed by atoms with Crippen LogP contribution in [0.1, 0.15) is 13.8 Å². The summed E-state index contributed by atoms with van der Waals surface area (Å²) < 4.78 is 26.5. The highest BCUT2D eigenvalue weighted by molar-refractivity contribution is 5.47. The van der Waals surface area contributed by atoms with Crippen molar-refractivity contribution in [1.29, 1.82) is 5.26 Å². The van der Waals surface area contributed by atoms with Gasteiger partial charge >= 0.3 is 0 Å². The Morgan fingerprint density at radius 3 is 2.71 bits per heavy atom. The predicted molar refractivity (Wildman–Crippen MR) is 61.2 cm³/mol. The van der Waals surface area contributed by atoms with E-state index in [1.165, 1.54) is 0 Å². The van der Waals surface area contributed by atoms with E-state index in [-0.39, 0.29) is 17.6 Å². The molecule has 6 heteroatoms. The van der Waals surface area contributed by atoms with Gasteiger partial charge in [-0.2, -0.15) is 5.26 Å². The molecule has 0 aliphatic heterocycles. The molecule has 0 saturated heterocycles. The zero-order valence-electron chi connectivity index (χ0n) is 9.74. The average Bonchev–Trinajstić information content (AvgIpc) is 2.30. The number of halogens is 2. The van der Waals surface area contributed by atoms with Gasteiger partial charge in [0.25, 0.3) is 0 Å². The molecule has 1 aromatic heterocycles. The summed E-state index contributed by atoms with van der Waals surface area (Å²) in [6.07, 6.45) is 0. The van der Waals surface area contributed by atoms with E-state index in [2.05, 4.69) is 4.98 Å². The zero-order valence-corrected chi connectivity index (χ0v) is 9.74. The fourth-order valence-corrected chi connectivity index (χ4v) is 1.43. The molecule has 1 rings (SSSR count). The van der Waals surface area contributed by atoms with Gasteiger partial charge in [-0.1, -0.05) is 0 Å². The summed E-state index contributed by atoms with van der Waals surface area (Å²) in [5, 5.41) is 8.72. The van der Waals surface area contributed by atoms with Crippen molar-refractivity contribution in [3.63, 3.8) is 0 Å². The first-order valence-corrected chi connectivity index (χ1v) is 5.25. The number of rotatable bonds is 4. The monoisotopic (exact) mass is 240 g/mol. The fourth-order valence-electron chi connectivity index (χ4n) is 1.43. The molecule has 0 saturated carbocycles. The minimum Gasteiger partial charge on any atom is -0.381 e. The smallest absolute Gasteiger partial charge is 0.168 e. The number of hydrogen-bond acceptors (Lipinski definition) is 4. The van der Waals surface area contributed by atoms with Crippen molar-refractivity contribution in [2.75, 3.05) is 23.7 Å². The molecule has 2 N–H and O–H groups in total. The number of nitriles is 1. The van der Waals surface area contributed by atoms with Crippen molar-refractivity contribution in [3.05, 3.63) is 17.7 Å². The largest absolute Gasteiger partial charge is 0.381 e.